The van der Waals surface area contributed by atoms with Gasteiger partial charge in [0.25, 0.3) is 5.88 Å². The maximum Gasteiger partial charge on any atom is 0.395 e. The van der Waals surface area contributed by atoms with Gasteiger partial charge < -0.3 is 14.8 Å². The van der Waals surface area contributed by atoms with Gasteiger partial charge in [-0.05, 0) is 36.4 Å². The van der Waals surface area contributed by atoms with Gasteiger partial charge in [0.1, 0.15) is 18.2 Å². The summed E-state index contributed by atoms with van der Waals surface area (Å²) in [5.74, 6) is -0.462. The van der Waals surface area contributed by atoms with E-state index in [0.29, 0.717) is 16.3 Å². The van der Waals surface area contributed by atoms with Crippen molar-refractivity contribution in [1.82, 2.24) is 9.97 Å². The van der Waals surface area contributed by atoms with E-state index in [2.05, 4.69) is 25.9 Å². The fourth-order valence-corrected chi connectivity index (χ4v) is 3.01. The third-order valence-electron chi connectivity index (χ3n) is 3.81. The first-order chi connectivity index (χ1) is 13.8. The van der Waals surface area contributed by atoms with E-state index in [9.17, 15) is 20.0 Å². The monoisotopic (exact) mass is 477 g/mol. The SMILES string of the molecule is O=c1[nH]c(/C=C\c2cc(Br)ccc2OCc2ccccc2Cl)nc(O)c1[N+](=O)[O-]. The number of rotatable bonds is 6. The lowest BCUT2D eigenvalue weighted by molar-refractivity contribution is -0.387. The van der Waals surface area contributed by atoms with Gasteiger partial charge in [-0.3, -0.25) is 14.9 Å². The lowest BCUT2D eigenvalue weighted by Crippen LogP contribution is -2.14. The first kappa shape index (κ1) is 20.6. The van der Waals surface area contributed by atoms with E-state index in [1.165, 1.54) is 6.08 Å². The molecule has 0 fully saturated rings. The number of aromatic nitrogens is 2. The molecule has 0 radical (unpaired) electrons. The molecule has 0 aliphatic carbocycles. The van der Waals surface area contributed by atoms with E-state index in [-0.39, 0.29) is 12.4 Å². The summed E-state index contributed by atoms with van der Waals surface area (Å²) in [5.41, 5.74) is -0.592. The van der Waals surface area contributed by atoms with Crippen molar-refractivity contribution in [3.8, 4) is 11.6 Å². The van der Waals surface area contributed by atoms with Gasteiger partial charge in [0.05, 0.1) is 4.92 Å². The Morgan fingerprint density at radius 3 is 2.72 bits per heavy atom. The van der Waals surface area contributed by atoms with Gasteiger partial charge in [-0.15, -0.1) is 0 Å². The molecule has 0 spiro atoms. The minimum Gasteiger partial charge on any atom is -0.488 e. The van der Waals surface area contributed by atoms with E-state index in [1.807, 2.05) is 18.2 Å². The summed E-state index contributed by atoms with van der Waals surface area (Å²) in [7, 11) is 0. The van der Waals surface area contributed by atoms with Crippen LogP contribution in [0.25, 0.3) is 12.2 Å². The highest BCUT2D eigenvalue weighted by Gasteiger charge is 2.21. The van der Waals surface area contributed by atoms with E-state index in [4.69, 9.17) is 16.3 Å². The van der Waals surface area contributed by atoms with Crippen LogP contribution in [0.2, 0.25) is 5.02 Å². The average Bonchev–Trinajstić information content (AvgIpc) is 2.66. The van der Waals surface area contributed by atoms with Crippen LogP contribution < -0.4 is 10.3 Å². The summed E-state index contributed by atoms with van der Waals surface area (Å²) < 4.78 is 6.65. The molecule has 0 bridgehead atoms. The number of ether oxygens (including phenoxy) is 1. The highest BCUT2D eigenvalue weighted by atomic mass is 79.9. The molecule has 2 N–H and O–H groups in total. The number of halogens is 2. The number of nitrogens with zero attached hydrogens (tertiary/aromatic N) is 2. The van der Waals surface area contributed by atoms with Crippen molar-refractivity contribution in [2.75, 3.05) is 0 Å². The third-order valence-corrected chi connectivity index (χ3v) is 4.67. The molecule has 0 saturated carbocycles. The molecule has 3 aromatic rings. The second-order valence-corrected chi connectivity index (χ2v) is 7.10. The standard InChI is InChI=1S/C19H13BrClN3O5/c20-13-6-7-15(29-10-12-3-1-2-4-14(12)21)11(9-13)5-8-16-22-18(25)17(24(27)28)19(26)23-16/h1-9H,10H2,(H2,22,23,25,26)/b8-5-. The van der Waals surface area contributed by atoms with Crippen LogP contribution in [0.15, 0.2) is 51.7 Å². The number of aromatic amines is 1. The first-order valence-electron chi connectivity index (χ1n) is 8.16. The number of nitrogens with one attached hydrogen (secondary N) is 1. The lowest BCUT2D eigenvalue weighted by atomic mass is 10.2. The Hall–Kier alpha value is -3.17. The molecule has 1 aromatic heterocycles. The van der Waals surface area contributed by atoms with Gasteiger partial charge in [0.15, 0.2) is 0 Å². The van der Waals surface area contributed by atoms with Crippen LogP contribution >= 0.6 is 27.5 Å². The van der Waals surface area contributed by atoms with Crippen LogP contribution in [0.4, 0.5) is 5.69 Å². The zero-order chi connectivity index (χ0) is 21.0. The minimum atomic E-state index is -1.05. The maximum atomic E-state index is 11.8. The number of H-pyrrole nitrogens is 1. The van der Waals surface area contributed by atoms with Crippen LogP contribution in [-0.2, 0) is 6.61 Å². The highest BCUT2D eigenvalue weighted by Crippen LogP contribution is 2.27. The Bertz CT molecular complexity index is 1160. The molecule has 8 nitrogen and oxygen atoms in total. The van der Waals surface area contributed by atoms with Crippen molar-refractivity contribution in [3.63, 3.8) is 0 Å². The normalized spacial score (nSPS) is 11.0. The summed E-state index contributed by atoms with van der Waals surface area (Å²) in [6.07, 6.45) is 2.99. The van der Waals surface area contributed by atoms with Crippen molar-refractivity contribution in [2.45, 2.75) is 6.61 Å². The molecule has 0 saturated heterocycles. The Morgan fingerprint density at radius 1 is 1.28 bits per heavy atom. The predicted octanol–water partition coefficient (Wildman–Crippen LogP) is 4.55. The van der Waals surface area contributed by atoms with Gasteiger partial charge in [-0.25, -0.2) is 0 Å². The fraction of sp³-hybridized carbons (Fsp3) is 0.0526. The molecular formula is C19H13BrClN3O5. The Kier molecular flexibility index (Phi) is 6.30. The van der Waals surface area contributed by atoms with E-state index in [0.717, 1.165) is 10.0 Å². The topological polar surface area (TPSA) is 118 Å². The van der Waals surface area contributed by atoms with Crippen molar-refractivity contribution in [2.24, 2.45) is 0 Å². The van der Waals surface area contributed by atoms with Crippen molar-refractivity contribution >= 4 is 45.4 Å². The van der Waals surface area contributed by atoms with Crippen LogP contribution in [0.3, 0.4) is 0 Å². The molecule has 0 amide bonds. The second-order valence-electron chi connectivity index (χ2n) is 5.78. The van der Waals surface area contributed by atoms with Gasteiger partial charge in [-0.1, -0.05) is 45.7 Å². The summed E-state index contributed by atoms with van der Waals surface area (Å²) in [6.45, 7) is 0.246. The molecule has 10 heteroatoms. The largest absolute Gasteiger partial charge is 0.488 e. The average molecular weight is 479 g/mol. The third kappa shape index (κ3) is 5.01. The Morgan fingerprint density at radius 2 is 2.03 bits per heavy atom. The summed E-state index contributed by atoms with van der Waals surface area (Å²) in [6, 6.07) is 12.6. The number of benzene rings is 2. The van der Waals surface area contributed by atoms with Gasteiger partial charge in [-0.2, -0.15) is 4.98 Å². The molecule has 3 rings (SSSR count). The molecule has 148 valence electrons. The first-order valence-corrected chi connectivity index (χ1v) is 9.34. The molecule has 0 atom stereocenters. The summed E-state index contributed by atoms with van der Waals surface area (Å²) in [5, 5.41) is 21.0. The molecule has 2 aromatic carbocycles. The smallest absolute Gasteiger partial charge is 0.395 e. The number of hydrogen-bond donors (Lipinski definition) is 2. The van der Waals surface area contributed by atoms with E-state index >= 15 is 0 Å². The zero-order valence-corrected chi connectivity index (χ0v) is 17.0. The van der Waals surface area contributed by atoms with Gasteiger partial charge >= 0.3 is 11.2 Å². The zero-order valence-electron chi connectivity index (χ0n) is 14.6. The summed E-state index contributed by atoms with van der Waals surface area (Å²) >= 11 is 9.53. The van der Waals surface area contributed by atoms with Crippen LogP contribution in [0.1, 0.15) is 17.0 Å². The Labute approximate surface area is 177 Å². The van der Waals surface area contributed by atoms with Crippen molar-refractivity contribution < 1.29 is 14.8 Å². The van der Waals surface area contributed by atoms with Crippen molar-refractivity contribution in [1.29, 1.82) is 0 Å². The van der Waals surface area contributed by atoms with Crippen LogP contribution in [0, 0.1) is 10.1 Å². The van der Waals surface area contributed by atoms with Crippen molar-refractivity contribution in [3.05, 3.63) is 89.4 Å². The molecule has 0 aliphatic heterocycles. The maximum absolute atomic E-state index is 11.8. The lowest BCUT2D eigenvalue weighted by Gasteiger charge is -2.11. The number of hydrogen-bond acceptors (Lipinski definition) is 6. The quantitative estimate of drug-likeness (QED) is 0.396. The Balaban J connectivity index is 1.87. The van der Waals surface area contributed by atoms with Crippen LogP contribution in [0.5, 0.6) is 11.6 Å². The second kappa shape index (κ2) is 8.89. The number of aromatic hydroxyl groups is 1. The van der Waals surface area contributed by atoms with Gasteiger partial charge in [0, 0.05) is 20.6 Å². The summed E-state index contributed by atoms with van der Waals surface area (Å²) in [4.78, 5) is 27.4. The molecule has 1 heterocycles. The van der Waals surface area contributed by atoms with E-state index < -0.39 is 22.0 Å². The highest BCUT2D eigenvalue weighted by molar-refractivity contribution is 9.10. The molecular weight excluding hydrogens is 466 g/mol. The van der Waals surface area contributed by atoms with Gasteiger partial charge in [0.2, 0.25) is 0 Å². The molecule has 0 aliphatic rings. The predicted molar refractivity (Wildman–Crippen MR) is 112 cm³/mol. The fourth-order valence-electron chi connectivity index (χ4n) is 2.44. The number of nitro groups is 1. The molecule has 0 unspecified atom stereocenters. The van der Waals surface area contributed by atoms with Crippen LogP contribution in [-0.4, -0.2) is 20.0 Å². The molecule has 29 heavy (non-hydrogen) atoms. The minimum absolute atomic E-state index is 0.0462. The van der Waals surface area contributed by atoms with E-state index in [1.54, 1.807) is 30.3 Å².